The predicted molar refractivity (Wildman–Crippen MR) is 102 cm³/mol. The van der Waals surface area contributed by atoms with E-state index in [2.05, 4.69) is 78.1 Å². The molecule has 0 saturated carbocycles. The summed E-state index contributed by atoms with van der Waals surface area (Å²) in [6.07, 6.45) is 4.35. The number of anilines is 1. The van der Waals surface area contributed by atoms with E-state index in [1.54, 1.807) is 0 Å². The van der Waals surface area contributed by atoms with Gasteiger partial charge in [-0.15, -0.1) is 0 Å². The van der Waals surface area contributed by atoms with E-state index in [1.165, 1.54) is 29.5 Å². The molecule has 1 N–H and O–H groups in total. The molecule has 0 radical (unpaired) electrons. The Morgan fingerprint density at radius 2 is 1.88 bits per heavy atom. The van der Waals surface area contributed by atoms with Gasteiger partial charge in [-0.05, 0) is 41.7 Å². The first-order valence-corrected chi connectivity index (χ1v) is 8.95. The Kier molecular flexibility index (Phi) is 5.19. The van der Waals surface area contributed by atoms with Crippen molar-refractivity contribution in [2.45, 2.75) is 52.6 Å². The summed E-state index contributed by atoms with van der Waals surface area (Å²) in [6.45, 7) is 8.54. The fraction of sp³-hybridized carbons (Fsp3) is 0.381. The molecule has 3 nitrogen and oxygen atoms in total. The van der Waals surface area contributed by atoms with Gasteiger partial charge in [-0.25, -0.2) is 4.98 Å². The summed E-state index contributed by atoms with van der Waals surface area (Å²) in [7, 11) is 0. The van der Waals surface area contributed by atoms with Gasteiger partial charge in [0.1, 0.15) is 0 Å². The highest BCUT2D eigenvalue weighted by Gasteiger charge is 2.04. The summed E-state index contributed by atoms with van der Waals surface area (Å²) in [5, 5.41) is 3.50. The Hall–Kier alpha value is -2.29. The van der Waals surface area contributed by atoms with E-state index in [-0.39, 0.29) is 0 Å². The minimum Gasteiger partial charge on any atom is -0.381 e. The number of benzene rings is 2. The van der Waals surface area contributed by atoms with E-state index in [0.29, 0.717) is 5.92 Å². The van der Waals surface area contributed by atoms with Crippen molar-refractivity contribution in [2.24, 2.45) is 0 Å². The van der Waals surface area contributed by atoms with Crippen LogP contribution in [0.25, 0.3) is 11.0 Å². The summed E-state index contributed by atoms with van der Waals surface area (Å²) >= 11 is 0. The van der Waals surface area contributed by atoms with Gasteiger partial charge in [-0.3, -0.25) is 0 Å². The number of imidazole rings is 1. The van der Waals surface area contributed by atoms with Gasteiger partial charge in [0, 0.05) is 18.8 Å². The van der Waals surface area contributed by atoms with Crippen LogP contribution in [0.2, 0.25) is 0 Å². The smallest absolute Gasteiger partial charge is 0.0958 e. The van der Waals surface area contributed by atoms with Gasteiger partial charge in [0.05, 0.1) is 17.4 Å². The number of aromatic nitrogens is 2. The average Bonchev–Trinajstić information content (AvgIpc) is 3.00. The van der Waals surface area contributed by atoms with Crippen LogP contribution in [-0.2, 0) is 13.1 Å². The highest BCUT2D eigenvalue weighted by Crippen LogP contribution is 2.20. The van der Waals surface area contributed by atoms with Crippen LogP contribution in [0, 0.1) is 0 Å². The maximum Gasteiger partial charge on any atom is 0.0958 e. The molecule has 24 heavy (non-hydrogen) atoms. The van der Waals surface area contributed by atoms with Crippen LogP contribution < -0.4 is 5.32 Å². The summed E-state index contributed by atoms with van der Waals surface area (Å²) in [4.78, 5) is 4.54. The molecular formula is C21H27N3. The lowest BCUT2D eigenvalue weighted by Crippen LogP contribution is -2.00. The monoisotopic (exact) mass is 321 g/mol. The molecular weight excluding hydrogens is 294 g/mol. The Balaban J connectivity index is 1.67. The van der Waals surface area contributed by atoms with Crippen molar-refractivity contribution in [1.82, 2.24) is 9.55 Å². The molecule has 0 saturated heterocycles. The van der Waals surface area contributed by atoms with Crippen LogP contribution in [0.1, 0.15) is 50.7 Å². The van der Waals surface area contributed by atoms with Gasteiger partial charge in [-0.2, -0.15) is 0 Å². The molecule has 0 bridgehead atoms. The van der Waals surface area contributed by atoms with E-state index in [0.717, 1.165) is 24.3 Å². The van der Waals surface area contributed by atoms with E-state index in [9.17, 15) is 0 Å². The van der Waals surface area contributed by atoms with Crippen LogP contribution in [0.3, 0.4) is 0 Å². The first-order chi connectivity index (χ1) is 11.7. The number of fused-ring (bicyclic) bond motifs is 1. The third kappa shape index (κ3) is 3.78. The second kappa shape index (κ2) is 7.52. The Morgan fingerprint density at radius 3 is 2.58 bits per heavy atom. The van der Waals surface area contributed by atoms with Crippen molar-refractivity contribution in [3.8, 4) is 0 Å². The zero-order valence-electron chi connectivity index (χ0n) is 14.9. The number of hydrogen-bond donors (Lipinski definition) is 1. The summed E-state index contributed by atoms with van der Waals surface area (Å²) in [5.74, 6) is 0.581. The van der Waals surface area contributed by atoms with Gasteiger partial charge in [0.15, 0.2) is 0 Å². The van der Waals surface area contributed by atoms with Crippen molar-refractivity contribution < 1.29 is 0 Å². The number of unbranched alkanes of at least 4 members (excludes halogenated alkanes) is 1. The topological polar surface area (TPSA) is 29.9 Å². The molecule has 0 atom stereocenters. The molecule has 0 amide bonds. The second-order valence-corrected chi connectivity index (χ2v) is 6.74. The van der Waals surface area contributed by atoms with E-state index in [1.807, 2.05) is 6.33 Å². The van der Waals surface area contributed by atoms with E-state index >= 15 is 0 Å². The molecule has 1 heterocycles. The Morgan fingerprint density at radius 1 is 1.08 bits per heavy atom. The molecule has 0 aliphatic rings. The van der Waals surface area contributed by atoms with Crippen LogP contribution in [0.5, 0.6) is 0 Å². The van der Waals surface area contributed by atoms with Crippen molar-refractivity contribution in [2.75, 3.05) is 5.32 Å². The lowest BCUT2D eigenvalue weighted by Gasteiger charge is -2.09. The van der Waals surface area contributed by atoms with Gasteiger partial charge in [0.2, 0.25) is 0 Å². The van der Waals surface area contributed by atoms with Crippen molar-refractivity contribution >= 4 is 16.7 Å². The standard InChI is InChI=1S/C21H27N3/c1-4-5-12-24-15-23-20-13-19(10-11-21(20)24)22-14-17-6-8-18(9-7-17)16(2)3/h6-11,13,15-16,22H,4-5,12,14H2,1-3H3. The van der Waals surface area contributed by atoms with Crippen molar-refractivity contribution in [3.05, 3.63) is 59.9 Å². The van der Waals surface area contributed by atoms with Crippen LogP contribution in [0.4, 0.5) is 5.69 Å². The van der Waals surface area contributed by atoms with Crippen LogP contribution in [-0.4, -0.2) is 9.55 Å². The van der Waals surface area contributed by atoms with Gasteiger partial charge in [0.25, 0.3) is 0 Å². The number of nitrogens with zero attached hydrogens (tertiary/aromatic N) is 2. The molecule has 3 heteroatoms. The number of aryl methyl sites for hydroxylation is 1. The van der Waals surface area contributed by atoms with Crippen molar-refractivity contribution in [1.29, 1.82) is 0 Å². The Bertz CT molecular complexity index is 784. The molecule has 3 aromatic rings. The van der Waals surface area contributed by atoms with Gasteiger partial charge >= 0.3 is 0 Å². The van der Waals surface area contributed by atoms with E-state index < -0.39 is 0 Å². The molecule has 0 fully saturated rings. The number of rotatable bonds is 7. The molecule has 0 spiro atoms. The van der Waals surface area contributed by atoms with Crippen LogP contribution >= 0.6 is 0 Å². The molecule has 3 rings (SSSR count). The summed E-state index contributed by atoms with van der Waals surface area (Å²) < 4.78 is 2.24. The first kappa shape index (κ1) is 16.6. The maximum atomic E-state index is 4.54. The number of hydrogen-bond acceptors (Lipinski definition) is 2. The maximum absolute atomic E-state index is 4.54. The molecule has 0 unspecified atom stereocenters. The average molecular weight is 321 g/mol. The van der Waals surface area contributed by atoms with Crippen LogP contribution in [0.15, 0.2) is 48.8 Å². The Labute approximate surface area is 144 Å². The summed E-state index contributed by atoms with van der Waals surface area (Å²) in [6, 6.07) is 15.3. The SMILES string of the molecule is CCCCn1cnc2cc(NCc3ccc(C(C)C)cc3)ccc21. The van der Waals surface area contributed by atoms with E-state index in [4.69, 9.17) is 0 Å². The lowest BCUT2D eigenvalue weighted by molar-refractivity contribution is 0.646. The molecule has 1 aromatic heterocycles. The lowest BCUT2D eigenvalue weighted by atomic mass is 10.0. The fourth-order valence-corrected chi connectivity index (χ4v) is 2.90. The minimum atomic E-state index is 0.581. The summed E-state index contributed by atoms with van der Waals surface area (Å²) in [5.41, 5.74) is 6.09. The highest BCUT2D eigenvalue weighted by atomic mass is 15.0. The largest absolute Gasteiger partial charge is 0.381 e. The van der Waals surface area contributed by atoms with Gasteiger partial charge in [-0.1, -0.05) is 51.5 Å². The molecule has 126 valence electrons. The van der Waals surface area contributed by atoms with Gasteiger partial charge < -0.3 is 9.88 Å². The minimum absolute atomic E-state index is 0.581. The third-order valence-electron chi connectivity index (χ3n) is 4.52. The molecule has 0 aliphatic heterocycles. The molecule has 0 aliphatic carbocycles. The predicted octanol–water partition coefficient (Wildman–Crippen LogP) is 5.57. The first-order valence-electron chi connectivity index (χ1n) is 8.95. The third-order valence-corrected chi connectivity index (χ3v) is 4.52. The fourth-order valence-electron chi connectivity index (χ4n) is 2.90. The highest BCUT2D eigenvalue weighted by molar-refractivity contribution is 5.79. The quantitative estimate of drug-likeness (QED) is 0.616. The normalized spacial score (nSPS) is 11.3. The zero-order valence-corrected chi connectivity index (χ0v) is 14.9. The zero-order chi connectivity index (χ0) is 16.9. The molecule has 2 aromatic carbocycles. The second-order valence-electron chi connectivity index (χ2n) is 6.74. The van der Waals surface area contributed by atoms with Crippen molar-refractivity contribution in [3.63, 3.8) is 0 Å². The number of nitrogens with one attached hydrogen (secondary N) is 1.